The maximum absolute atomic E-state index is 12.5. The highest BCUT2D eigenvalue weighted by Gasteiger charge is 2.42. The van der Waals surface area contributed by atoms with E-state index in [1.807, 2.05) is 6.07 Å². The Balaban J connectivity index is 1.56. The van der Waals surface area contributed by atoms with Crippen LogP contribution in [0, 0.1) is 5.92 Å². The molecule has 4 heterocycles. The highest BCUT2D eigenvalue weighted by Crippen LogP contribution is 2.34. The van der Waals surface area contributed by atoms with Crippen molar-refractivity contribution in [1.29, 1.82) is 0 Å². The fraction of sp³-hybridized carbons (Fsp3) is 0.429. The normalized spacial score (nSPS) is 27.0. The van der Waals surface area contributed by atoms with Crippen LogP contribution in [0.1, 0.15) is 19.3 Å². The average molecular weight is 284 g/mol. The summed E-state index contributed by atoms with van der Waals surface area (Å²) in [5.41, 5.74) is 0.663. The molecule has 0 aromatic carbocycles. The third kappa shape index (κ3) is 2.19. The molecule has 2 bridgehead atoms. The Morgan fingerprint density at radius 1 is 1.43 bits per heavy atom. The highest BCUT2D eigenvalue weighted by atomic mass is 16.2. The van der Waals surface area contributed by atoms with Crippen LogP contribution in [0.15, 0.2) is 31.0 Å². The molecule has 0 aliphatic carbocycles. The summed E-state index contributed by atoms with van der Waals surface area (Å²) in [7, 11) is 0. The first kappa shape index (κ1) is 12.5. The van der Waals surface area contributed by atoms with Gasteiger partial charge in [0.1, 0.15) is 12.7 Å². The van der Waals surface area contributed by atoms with Gasteiger partial charge in [-0.05, 0) is 31.4 Å². The topological polar surface area (TPSA) is 84.7 Å². The smallest absolute Gasteiger partial charge is 0.229 e. The zero-order valence-electron chi connectivity index (χ0n) is 11.4. The van der Waals surface area contributed by atoms with Crippen molar-refractivity contribution in [1.82, 2.24) is 25.1 Å². The zero-order chi connectivity index (χ0) is 14.2. The number of rotatable bonds is 3. The summed E-state index contributed by atoms with van der Waals surface area (Å²) in [5.74, 6) is 0.691. The van der Waals surface area contributed by atoms with E-state index in [-0.39, 0.29) is 11.8 Å². The van der Waals surface area contributed by atoms with E-state index in [2.05, 4.69) is 25.7 Å². The van der Waals surface area contributed by atoms with Crippen LogP contribution >= 0.6 is 0 Å². The predicted molar refractivity (Wildman–Crippen MR) is 75.8 cm³/mol. The van der Waals surface area contributed by atoms with Gasteiger partial charge in [-0.15, -0.1) is 0 Å². The number of aromatic nitrogens is 4. The molecule has 2 aliphatic rings. The van der Waals surface area contributed by atoms with Gasteiger partial charge in [-0.1, -0.05) is 0 Å². The van der Waals surface area contributed by atoms with Crippen LogP contribution in [0.25, 0.3) is 5.82 Å². The second kappa shape index (κ2) is 4.92. The van der Waals surface area contributed by atoms with Crippen molar-refractivity contribution in [3.63, 3.8) is 0 Å². The van der Waals surface area contributed by atoms with Crippen LogP contribution in [-0.2, 0) is 4.79 Å². The van der Waals surface area contributed by atoms with Gasteiger partial charge >= 0.3 is 0 Å². The third-order valence-corrected chi connectivity index (χ3v) is 4.32. The molecule has 2 fully saturated rings. The van der Waals surface area contributed by atoms with Crippen molar-refractivity contribution in [2.24, 2.45) is 5.92 Å². The molecule has 2 aromatic rings. The number of anilines is 1. The van der Waals surface area contributed by atoms with Gasteiger partial charge in [-0.3, -0.25) is 4.79 Å². The van der Waals surface area contributed by atoms with Gasteiger partial charge in [-0.25, -0.2) is 14.6 Å². The van der Waals surface area contributed by atoms with Gasteiger partial charge in [0.25, 0.3) is 0 Å². The molecule has 2 aromatic heterocycles. The molecular weight excluding hydrogens is 268 g/mol. The van der Waals surface area contributed by atoms with Gasteiger partial charge in [0, 0.05) is 18.3 Å². The van der Waals surface area contributed by atoms with Crippen molar-refractivity contribution in [3.8, 4) is 5.82 Å². The number of hydrogen-bond acceptors (Lipinski definition) is 5. The number of nitrogens with zero attached hydrogens (tertiary/aromatic N) is 4. The largest absolute Gasteiger partial charge is 0.323 e. The van der Waals surface area contributed by atoms with E-state index >= 15 is 0 Å². The molecule has 21 heavy (non-hydrogen) atoms. The van der Waals surface area contributed by atoms with Crippen LogP contribution in [0.5, 0.6) is 0 Å². The summed E-state index contributed by atoms with van der Waals surface area (Å²) in [5, 5.41) is 10.5. The van der Waals surface area contributed by atoms with E-state index < -0.39 is 0 Å². The first-order chi connectivity index (χ1) is 10.3. The number of fused-ring (bicyclic) bond motifs is 2. The second-order valence-corrected chi connectivity index (χ2v) is 5.59. The molecule has 4 rings (SSSR count). The number of carbonyl (C=O) groups excluding carboxylic acids is 1. The van der Waals surface area contributed by atoms with Crippen molar-refractivity contribution in [2.45, 2.75) is 31.3 Å². The second-order valence-electron chi connectivity index (χ2n) is 5.59. The Morgan fingerprint density at radius 2 is 2.38 bits per heavy atom. The van der Waals surface area contributed by atoms with E-state index in [4.69, 9.17) is 0 Å². The highest BCUT2D eigenvalue weighted by molar-refractivity contribution is 5.94. The van der Waals surface area contributed by atoms with E-state index in [1.165, 1.54) is 12.7 Å². The molecule has 2 N–H and O–H groups in total. The summed E-state index contributed by atoms with van der Waals surface area (Å²) < 4.78 is 1.55. The lowest BCUT2D eigenvalue weighted by Gasteiger charge is -2.20. The van der Waals surface area contributed by atoms with Gasteiger partial charge in [0.15, 0.2) is 5.82 Å². The number of amides is 1. The van der Waals surface area contributed by atoms with Gasteiger partial charge in [-0.2, -0.15) is 5.10 Å². The fourth-order valence-electron chi connectivity index (χ4n) is 3.33. The van der Waals surface area contributed by atoms with Gasteiger partial charge in [0.2, 0.25) is 5.91 Å². The third-order valence-electron chi connectivity index (χ3n) is 4.32. The quantitative estimate of drug-likeness (QED) is 0.868. The van der Waals surface area contributed by atoms with Crippen LogP contribution < -0.4 is 10.6 Å². The first-order valence-electron chi connectivity index (χ1n) is 7.18. The summed E-state index contributed by atoms with van der Waals surface area (Å²) in [6.45, 7) is 0. The van der Waals surface area contributed by atoms with Crippen molar-refractivity contribution >= 4 is 11.6 Å². The number of carbonyl (C=O) groups is 1. The van der Waals surface area contributed by atoms with E-state index in [1.54, 1.807) is 23.3 Å². The lowest BCUT2D eigenvalue weighted by molar-refractivity contribution is -0.120. The zero-order valence-corrected chi connectivity index (χ0v) is 11.4. The molecule has 0 saturated carbocycles. The summed E-state index contributed by atoms with van der Waals surface area (Å²) in [4.78, 5) is 20.7. The minimum Gasteiger partial charge on any atom is -0.323 e. The van der Waals surface area contributed by atoms with Crippen LogP contribution in [0.4, 0.5) is 5.69 Å². The van der Waals surface area contributed by atoms with Crippen molar-refractivity contribution in [2.75, 3.05) is 5.32 Å². The lowest BCUT2D eigenvalue weighted by atomic mass is 9.88. The lowest BCUT2D eigenvalue weighted by Crippen LogP contribution is -2.33. The average Bonchev–Trinajstić information content (AvgIpc) is 3.25. The van der Waals surface area contributed by atoms with Crippen LogP contribution in [0.3, 0.4) is 0 Å². The maximum atomic E-state index is 12.5. The Bertz CT molecular complexity index is 655. The molecule has 0 radical (unpaired) electrons. The first-order valence-corrected chi connectivity index (χ1v) is 7.18. The Labute approximate surface area is 121 Å². The summed E-state index contributed by atoms with van der Waals surface area (Å²) in [6.07, 6.45) is 7.88. The molecule has 0 spiro atoms. The van der Waals surface area contributed by atoms with Crippen molar-refractivity contribution in [3.05, 3.63) is 31.0 Å². The van der Waals surface area contributed by atoms with Crippen LogP contribution in [0.2, 0.25) is 0 Å². The molecule has 7 nitrogen and oxygen atoms in total. The SMILES string of the molecule is O=C(Nc1cccnc1-n1cncn1)C1CC2CCC1N2. The minimum atomic E-state index is 0.0487. The maximum Gasteiger partial charge on any atom is 0.229 e. The number of pyridine rings is 1. The fourth-order valence-corrected chi connectivity index (χ4v) is 3.33. The summed E-state index contributed by atoms with van der Waals surface area (Å²) >= 11 is 0. The van der Waals surface area contributed by atoms with E-state index in [0.717, 1.165) is 12.8 Å². The molecule has 7 heteroatoms. The molecule has 3 atom stereocenters. The molecule has 2 saturated heterocycles. The number of hydrogen-bond donors (Lipinski definition) is 2. The Morgan fingerprint density at radius 3 is 3.10 bits per heavy atom. The molecular formula is C14H16N6O. The molecule has 3 unspecified atom stereocenters. The summed E-state index contributed by atoms with van der Waals surface area (Å²) in [6, 6.07) is 4.47. The molecule has 108 valence electrons. The number of nitrogens with one attached hydrogen (secondary N) is 2. The molecule has 1 amide bonds. The van der Waals surface area contributed by atoms with Gasteiger partial charge < -0.3 is 10.6 Å². The minimum absolute atomic E-state index is 0.0487. The Kier molecular flexibility index (Phi) is 2.92. The predicted octanol–water partition coefficient (Wildman–Crippen LogP) is 0.741. The van der Waals surface area contributed by atoms with Crippen molar-refractivity contribution < 1.29 is 4.79 Å². The van der Waals surface area contributed by atoms with E-state index in [0.29, 0.717) is 23.6 Å². The molecule has 2 aliphatic heterocycles. The Hall–Kier alpha value is -2.28. The van der Waals surface area contributed by atoms with Crippen LogP contribution in [-0.4, -0.2) is 37.7 Å². The monoisotopic (exact) mass is 284 g/mol. The standard InChI is InChI=1S/C14H16N6O/c21-14(10-6-9-3-4-11(10)18-9)19-12-2-1-5-16-13(12)20-8-15-7-17-20/h1-2,5,7-11,18H,3-4,6H2,(H,19,21). The van der Waals surface area contributed by atoms with E-state index in [9.17, 15) is 4.79 Å². The van der Waals surface area contributed by atoms with Gasteiger partial charge in [0.05, 0.1) is 11.6 Å².